The average molecular weight is 315 g/mol. The van der Waals surface area contributed by atoms with Crippen LogP contribution in [0, 0.1) is 6.92 Å². The molecule has 0 aromatic heterocycles. The molecule has 1 heterocycles. The molecule has 3 nitrogen and oxygen atoms in total. The van der Waals surface area contributed by atoms with Crippen LogP contribution < -0.4 is 5.73 Å². The van der Waals surface area contributed by atoms with Crippen LogP contribution in [0.5, 0.6) is 0 Å². The third-order valence-corrected chi connectivity index (χ3v) is 4.47. The molecule has 22 heavy (non-hydrogen) atoms. The number of benzene rings is 2. The predicted molar refractivity (Wildman–Crippen MR) is 88.6 cm³/mol. The number of rotatable bonds is 3. The van der Waals surface area contributed by atoms with Crippen LogP contribution in [-0.2, 0) is 24.3 Å². The van der Waals surface area contributed by atoms with E-state index in [1.165, 1.54) is 11.1 Å². The van der Waals surface area contributed by atoms with Gasteiger partial charge in [-0.25, -0.2) is 0 Å². The van der Waals surface area contributed by atoms with Gasteiger partial charge in [-0.15, -0.1) is 0 Å². The SMILES string of the molecule is Cc1ccc(CC(N)C(=O)N2Cc3ccccc3C2)c(Cl)c1. The van der Waals surface area contributed by atoms with Crippen molar-refractivity contribution in [3.8, 4) is 0 Å². The van der Waals surface area contributed by atoms with Crippen LogP contribution in [0.2, 0.25) is 5.02 Å². The zero-order valence-electron chi connectivity index (χ0n) is 12.6. The van der Waals surface area contributed by atoms with Crippen molar-refractivity contribution in [2.24, 2.45) is 5.73 Å². The van der Waals surface area contributed by atoms with Crippen LogP contribution >= 0.6 is 11.6 Å². The van der Waals surface area contributed by atoms with Crippen LogP contribution in [-0.4, -0.2) is 16.8 Å². The molecule has 114 valence electrons. The van der Waals surface area contributed by atoms with Crippen molar-refractivity contribution in [2.45, 2.75) is 32.5 Å². The van der Waals surface area contributed by atoms with Gasteiger partial charge in [-0.2, -0.15) is 0 Å². The Morgan fingerprint density at radius 2 is 1.86 bits per heavy atom. The minimum Gasteiger partial charge on any atom is -0.333 e. The molecule has 0 spiro atoms. The van der Waals surface area contributed by atoms with Gasteiger partial charge in [-0.1, -0.05) is 48.0 Å². The first kappa shape index (κ1) is 15.1. The summed E-state index contributed by atoms with van der Waals surface area (Å²) >= 11 is 6.23. The Labute approximate surface area is 135 Å². The molecule has 2 N–H and O–H groups in total. The number of nitrogens with zero attached hydrogens (tertiary/aromatic N) is 1. The van der Waals surface area contributed by atoms with E-state index in [-0.39, 0.29) is 5.91 Å². The summed E-state index contributed by atoms with van der Waals surface area (Å²) in [5, 5.41) is 0.674. The Kier molecular flexibility index (Phi) is 4.19. The van der Waals surface area contributed by atoms with E-state index in [9.17, 15) is 4.79 Å². The predicted octanol–water partition coefficient (Wildman–Crippen LogP) is 3.06. The Morgan fingerprint density at radius 1 is 1.23 bits per heavy atom. The lowest BCUT2D eigenvalue weighted by Gasteiger charge is -2.20. The number of halogens is 1. The number of amides is 1. The van der Waals surface area contributed by atoms with Gasteiger partial charge in [0.25, 0.3) is 0 Å². The number of carbonyl (C=O) groups is 1. The van der Waals surface area contributed by atoms with Gasteiger partial charge in [-0.3, -0.25) is 4.79 Å². The monoisotopic (exact) mass is 314 g/mol. The van der Waals surface area contributed by atoms with E-state index < -0.39 is 6.04 Å². The van der Waals surface area contributed by atoms with Crippen molar-refractivity contribution in [3.05, 3.63) is 69.7 Å². The second-order valence-electron chi connectivity index (χ2n) is 5.87. The van der Waals surface area contributed by atoms with Crippen molar-refractivity contribution >= 4 is 17.5 Å². The largest absolute Gasteiger partial charge is 0.333 e. The normalized spacial score (nSPS) is 14.8. The number of nitrogens with two attached hydrogens (primary N) is 1. The molecule has 0 fully saturated rings. The molecule has 1 atom stereocenters. The molecule has 1 aliphatic rings. The molecule has 1 amide bonds. The third-order valence-electron chi connectivity index (χ3n) is 4.12. The van der Waals surface area contributed by atoms with E-state index in [0.29, 0.717) is 24.5 Å². The van der Waals surface area contributed by atoms with Crippen LogP contribution in [0.15, 0.2) is 42.5 Å². The van der Waals surface area contributed by atoms with Crippen molar-refractivity contribution < 1.29 is 4.79 Å². The van der Waals surface area contributed by atoms with Crippen LogP contribution in [0.4, 0.5) is 0 Å². The highest BCUT2D eigenvalue weighted by Gasteiger charge is 2.27. The number of hydrogen-bond donors (Lipinski definition) is 1. The van der Waals surface area contributed by atoms with Crippen LogP contribution in [0.25, 0.3) is 0 Å². The van der Waals surface area contributed by atoms with E-state index in [4.69, 9.17) is 17.3 Å². The number of carbonyl (C=O) groups excluding carboxylic acids is 1. The third kappa shape index (κ3) is 3.01. The van der Waals surface area contributed by atoms with Gasteiger partial charge >= 0.3 is 0 Å². The zero-order valence-corrected chi connectivity index (χ0v) is 13.3. The second kappa shape index (κ2) is 6.11. The molecule has 0 aliphatic carbocycles. The molecule has 2 aromatic carbocycles. The first-order valence-electron chi connectivity index (χ1n) is 7.41. The van der Waals surface area contributed by atoms with E-state index >= 15 is 0 Å². The zero-order chi connectivity index (χ0) is 15.7. The van der Waals surface area contributed by atoms with Gasteiger partial charge in [0.2, 0.25) is 5.91 Å². The van der Waals surface area contributed by atoms with E-state index in [1.54, 1.807) is 0 Å². The smallest absolute Gasteiger partial charge is 0.240 e. The molecule has 0 radical (unpaired) electrons. The molecule has 0 saturated carbocycles. The van der Waals surface area contributed by atoms with E-state index in [1.807, 2.05) is 42.2 Å². The second-order valence-corrected chi connectivity index (χ2v) is 6.28. The van der Waals surface area contributed by atoms with E-state index in [2.05, 4.69) is 12.1 Å². The maximum Gasteiger partial charge on any atom is 0.240 e. The number of aryl methyl sites for hydroxylation is 1. The molecule has 2 aromatic rings. The van der Waals surface area contributed by atoms with Gasteiger partial charge in [0.05, 0.1) is 6.04 Å². The summed E-state index contributed by atoms with van der Waals surface area (Å²) < 4.78 is 0. The Balaban J connectivity index is 1.68. The summed E-state index contributed by atoms with van der Waals surface area (Å²) in [5.74, 6) is -0.0205. The fourth-order valence-corrected chi connectivity index (χ4v) is 3.18. The van der Waals surface area contributed by atoms with Gasteiger partial charge in [0, 0.05) is 18.1 Å². The number of hydrogen-bond acceptors (Lipinski definition) is 2. The summed E-state index contributed by atoms with van der Waals surface area (Å²) in [6.45, 7) is 3.27. The highest BCUT2D eigenvalue weighted by atomic mass is 35.5. The standard InChI is InChI=1S/C18H19ClN2O/c1-12-6-7-13(16(19)8-12)9-17(20)18(22)21-10-14-4-2-3-5-15(14)11-21/h2-8,17H,9-11,20H2,1H3. The minimum absolute atomic E-state index is 0.0205. The van der Waals surface area contributed by atoms with Crippen molar-refractivity contribution in [1.29, 1.82) is 0 Å². The van der Waals surface area contributed by atoms with E-state index in [0.717, 1.165) is 11.1 Å². The summed E-state index contributed by atoms with van der Waals surface area (Å²) in [6.07, 6.45) is 0.463. The number of fused-ring (bicyclic) bond motifs is 1. The molecule has 0 bridgehead atoms. The average Bonchev–Trinajstić information content (AvgIpc) is 2.93. The highest BCUT2D eigenvalue weighted by molar-refractivity contribution is 6.31. The lowest BCUT2D eigenvalue weighted by molar-refractivity contribution is -0.133. The lowest BCUT2D eigenvalue weighted by Crippen LogP contribution is -2.42. The Hall–Kier alpha value is -1.84. The summed E-state index contributed by atoms with van der Waals surface area (Å²) in [5.41, 5.74) is 10.6. The molecule has 0 saturated heterocycles. The topological polar surface area (TPSA) is 46.3 Å². The van der Waals surface area contributed by atoms with Crippen molar-refractivity contribution in [1.82, 2.24) is 4.90 Å². The Morgan fingerprint density at radius 3 is 2.45 bits per heavy atom. The molecule has 3 rings (SSSR count). The molecule has 4 heteroatoms. The van der Waals surface area contributed by atoms with Gasteiger partial charge < -0.3 is 10.6 Å². The van der Waals surface area contributed by atoms with Gasteiger partial charge in [0.15, 0.2) is 0 Å². The molecular weight excluding hydrogens is 296 g/mol. The maximum absolute atomic E-state index is 12.6. The summed E-state index contributed by atoms with van der Waals surface area (Å²) in [7, 11) is 0. The summed E-state index contributed by atoms with van der Waals surface area (Å²) in [6, 6.07) is 13.4. The Bertz CT molecular complexity index is 689. The van der Waals surface area contributed by atoms with Crippen molar-refractivity contribution in [3.63, 3.8) is 0 Å². The first-order valence-corrected chi connectivity index (χ1v) is 7.78. The first-order chi connectivity index (χ1) is 10.5. The maximum atomic E-state index is 12.6. The fourth-order valence-electron chi connectivity index (χ4n) is 2.87. The van der Waals surface area contributed by atoms with Crippen LogP contribution in [0.3, 0.4) is 0 Å². The molecule has 1 unspecified atom stereocenters. The fraction of sp³-hybridized carbons (Fsp3) is 0.278. The lowest BCUT2D eigenvalue weighted by atomic mass is 10.0. The highest BCUT2D eigenvalue weighted by Crippen LogP contribution is 2.24. The van der Waals surface area contributed by atoms with Crippen LogP contribution in [0.1, 0.15) is 22.3 Å². The molecular formula is C18H19ClN2O. The quantitative estimate of drug-likeness (QED) is 0.946. The van der Waals surface area contributed by atoms with Crippen molar-refractivity contribution in [2.75, 3.05) is 0 Å². The summed E-state index contributed by atoms with van der Waals surface area (Å²) in [4.78, 5) is 14.4. The van der Waals surface area contributed by atoms with Gasteiger partial charge in [0.1, 0.15) is 0 Å². The minimum atomic E-state index is -0.561. The molecule has 1 aliphatic heterocycles. The van der Waals surface area contributed by atoms with Gasteiger partial charge in [-0.05, 0) is 41.7 Å².